The van der Waals surface area contributed by atoms with E-state index >= 15 is 0 Å². The molecule has 5 heteroatoms. The Balaban J connectivity index is 2.11. The van der Waals surface area contributed by atoms with Gasteiger partial charge < -0.3 is 9.47 Å². The second-order valence-corrected chi connectivity index (χ2v) is 9.45. The fourth-order valence-corrected chi connectivity index (χ4v) is 5.81. The first-order chi connectivity index (χ1) is 14.0. The number of benzene rings is 1. The molecule has 3 unspecified atom stereocenters. The van der Waals surface area contributed by atoms with E-state index in [0.717, 1.165) is 43.2 Å². The molecule has 1 aromatic rings. The zero-order valence-corrected chi connectivity index (χ0v) is 18.5. The van der Waals surface area contributed by atoms with Crippen LogP contribution in [0.4, 0.5) is 4.79 Å². The molecule has 0 N–H and O–H groups in total. The van der Waals surface area contributed by atoms with Crippen LogP contribution in [0.25, 0.3) is 0 Å². The Morgan fingerprint density at radius 3 is 2.50 bits per heavy atom. The summed E-state index contributed by atoms with van der Waals surface area (Å²) in [7, 11) is 0. The summed E-state index contributed by atoms with van der Waals surface area (Å²) >= 11 is 0. The Kier molecular flexibility index (Phi) is 5.82. The number of fused-ring (bicyclic) bond motifs is 3. The van der Waals surface area contributed by atoms with Gasteiger partial charge in [0.05, 0.1) is 5.56 Å². The third-order valence-electron chi connectivity index (χ3n) is 7.49. The van der Waals surface area contributed by atoms with Gasteiger partial charge in [0.15, 0.2) is 0 Å². The predicted octanol–water partition coefficient (Wildman–Crippen LogP) is 5.29. The molecule has 2 aliphatic carbocycles. The summed E-state index contributed by atoms with van der Waals surface area (Å²) < 4.78 is 9.12. The second kappa shape index (κ2) is 7.91. The molecule has 30 heavy (non-hydrogen) atoms. The standard InChI is InChI=1S/C25H30O5/c1-7-29-23(28)30-22(27)19-14-20-17(13-18(19)15(2)3)9-10-21-24(5,16(4)26)11-8-12-25(20,21)6/h1,13-15,21H,8-12H2,2-6H3. The minimum absolute atomic E-state index is 0.0703. The molecule has 0 aliphatic heterocycles. The molecule has 0 amide bonds. The fourth-order valence-electron chi connectivity index (χ4n) is 5.81. The number of ketones is 1. The van der Waals surface area contributed by atoms with Gasteiger partial charge in [-0.2, -0.15) is 0 Å². The second-order valence-electron chi connectivity index (χ2n) is 9.45. The molecule has 160 valence electrons. The first kappa shape index (κ1) is 22.1. The van der Waals surface area contributed by atoms with Crippen LogP contribution >= 0.6 is 0 Å². The van der Waals surface area contributed by atoms with Gasteiger partial charge in [-0.05, 0) is 72.6 Å². The Labute approximate surface area is 178 Å². The third kappa shape index (κ3) is 3.53. The summed E-state index contributed by atoms with van der Waals surface area (Å²) in [5, 5.41) is 0. The van der Waals surface area contributed by atoms with E-state index < -0.39 is 12.1 Å². The van der Waals surface area contributed by atoms with Crippen LogP contribution in [-0.2, 0) is 26.1 Å². The molecule has 1 aromatic carbocycles. The number of aryl methyl sites for hydroxylation is 1. The van der Waals surface area contributed by atoms with Crippen molar-refractivity contribution in [3.05, 3.63) is 34.4 Å². The zero-order chi connectivity index (χ0) is 22.3. The number of esters is 1. The van der Waals surface area contributed by atoms with Gasteiger partial charge in [0, 0.05) is 5.41 Å². The predicted molar refractivity (Wildman–Crippen MR) is 113 cm³/mol. The lowest BCUT2D eigenvalue weighted by Crippen LogP contribution is -2.51. The van der Waals surface area contributed by atoms with Crippen molar-refractivity contribution in [1.29, 1.82) is 0 Å². The van der Waals surface area contributed by atoms with Crippen molar-refractivity contribution in [3.63, 3.8) is 0 Å². The van der Waals surface area contributed by atoms with Crippen molar-refractivity contribution in [2.45, 2.75) is 78.1 Å². The Bertz CT molecular complexity index is 938. The van der Waals surface area contributed by atoms with Crippen LogP contribution in [0.2, 0.25) is 0 Å². The largest absolute Gasteiger partial charge is 0.530 e. The highest BCUT2D eigenvalue weighted by atomic mass is 16.7. The molecule has 3 atom stereocenters. The van der Waals surface area contributed by atoms with Crippen LogP contribution in [-0.4, -0.2) is 17.9 Å². The summed E-state index contributed by atoms with van der Waals surface area (Å²) in [6.07, 6.45) is 10.1. The highest BCUT2D eigenvalue weighted by Gasteiger charge is 2.53. The average Bonchev–Trinajstić information content (AvgIpc) is 2.66. The highest BCUT2D eigenvalue weighted by Crippen LogP contribution is 2.57. The molecule has 1 saturated carbocycles. The van der Waals surface area contributed by atoms with Crippen molar-refractivity contribution in [3.8, 4) is 12.5 Å². The van der Waals surface area contributed by atoms with E-state index in [4.69, 9.17) is 11.2 Å². The average molecular weight is 411 g/mol. The zero-order valence-electron chi connectivity index (χ0n) is 18.5. The normalized spacial score (nSPS) is 27.4. The van der Waals surface area contributed by atoms with E-state index in [1.807, 2.05) is 19.9 Å². The number of rotatable bonds is 3. The van der Waals surface area contributed by atoms with Gasteiger partial charge in [0.1, 0.15) is 11.9 Å². The van der Waals surface area contributed by atoms with Crippen molar-refractivity contribution in [2.24, 2.45) is 11.3 Å². The summed E-state index contributed by atoms with van der Waals surface area (Å²) in [5.41, 5.74) is 2.92. The molecular formula is C25H30O5. The maximum absolute atomic E-state index is 12.8. The van der Waals surface area contributed by atoms with E-state index in [9.17, 15) is 14.4 Å². The van der Waals surface area contributed by atoms with Crippen molar-refractivity contribution >= 4 is 17.9 Å². The van der Waals surface area contributed by atoms with Gasteiger partial charge in [0.25, 0.3) is 0 Å². The minimum Gasteiger partial charge on any atom is -0.356 e. The maximum Gasteiger partial charge on any atom is 0.530 e. The molecule has 1 fully saturated rings. The third-order valence-corrected chi connectivity index (χ3v) is 7.49. The molecule has 0 bridgehead atoms. The molecule has 0 radical (unpaired) electrons. The fraction of sp³-hybridized carbons (Fsp3) is 0.560. The Hall–Kier alpha value is -2.61. The number of hydrogen-bond acceptors (Lipinski definition) is 5. The lowest BCUT2D eigenvalue weighted by molar-refractivity contribution is -0.134. The summed E-state index contributed by atoms with van der Waals surface area (Å²) in [5.74, 6) is -0.250. The van der Waals surface area contributed by atoms with Crippen LogP contribution in [0.3, 0.4) is 0 Å². The van der Waals surface area contributed by atoms with Crippen LogP contribution in [0.15, 0.2) is 12.1 Å². The number of ether oxygens (including phenoxy) is 2. The number of terminal acetylenes is 1. The quantitative estimate of drug-likeness (QED) is 0.384. The summed E-state index contributed by atoms with van der Waals surface area (Å²) in [6.45, 7) is 10.0. The topological polar surface area (TPSA) is 69.7 Å². The Morgan fingerprint density at radius 2 is 1.90 bits per heavy atom. The maximum atomic E-state index is 12.8. The molecule has 5 nitrogen and oxygen atoms in total. The lowest BCUT2D eigenvalue weighted by Gasteiger charge is -2.54. The van der Waals surface area contributed by atoms with Crippen molar-refractivity contribution in [2.75, 3.05) is 0 Å². The van der Waals surface area contributed by atoms with Gasteiger partial charge in [-0.1, -0.05) is 46.6 Å². The van der Waals surface area contributed by atoms with Crippen LogP contribution in [0.5, 0.6) is 0 Å². The SMILES string of the molecule is C#COC(=O)OC(=O)c1cc2c(cc1C(C)C)CCC1C(C)(C(C)=O)CCCC21C. The van der Waals surface area contributed by atoms with Gasteiger partial charge in [-0.3, -0.25) is 4.79 Å². The van der Waals surface area contributed by atoms with Crippen molar-refractivity contribution in [1.82, 2.24) is 0 Å². The van der Waals surface area contributed by atoms with E-state index in [0.29, 0.717) is 5.56 Å². The monoisotopic (exact) mass is 410 g/mol. The summed E-state index contributed by atoms with van der Waals surface area (Å²) in [6, 6.07) is 3.96. The molecule has 3 rings (SSSR count). The molecule has 0 spiro atoms. The Morgan fingerprint density at radius 1 is 1.20 bits per heavy atom. The van der Waals surface area contributed by atoms with E-state index in [1.165, 1.54) is 5.56 Å². The smallest absolute Gasteiger partial charge is 0.356 e. The van der Waals surface area contributed by atoms with Crippen LogP contribution in [0, 0.1) is 23.9 Å². The van der Waals surface area contributed by atoms with Gasteiger partial charge in [0.2, 0.25) is 0 Å². The number of carbonyl (C=O) groups excluding carboxylic acids is 3. The number of hydrogen-bond donors (Lipinski definition) is 0. The van der Waals surface area contributed by atoms with Gasteiger partial charge >= 0.3 is 12.1 Å². The van der Waals surface area contributed by atoms with Crippen molar-refractivity contribution < 1.29 is 23.9 Å². The summed E-state index contributed by atoms with van der Waals surface area (Å²) in [4.78, 5) is 37.0. The molecule has 0 aromatic heterocycles. The first-order valence-corrected chi connectivity index (χ1v) is 10.6. The van der Waals surface area contributed by atoms with Crippen LogP contribution in [0.1, 0.15) is 93.3 Å². The molecule has 0 saturated heterocycles. The number of carbonyl (C=O) groups is 3. The molecule has 0 heterocycles. The van der Waals surface area contributed by atoms with E-state index in [2.05, 4.69) is 24.7 Å². The molecular weight excluding hydrogens is 380 g/mol. The van der Waals surface area contributed by atoms with Crippen LogP contribution < -0.4 is 0 Å². The molecule has 2 aliphatic rings. The van der Waals surface area contributed by atoms with E-state index in [-0.39, 0.29) is 28.4 Å². The van der Waals surface area contributed by atoms with Gasteiger partial charge in [-0.25, -0.2) is 9.59 Å². The highest BCUT2D eigenvalue weighted by molar-refractivity contribution is 5.97. The lowest BCUT2D eigenvalue weighted by atomic mass is 9.49. The first-order valence-electron chi connectivity index (χ1n) is 10.6. The van der Waals surface area contributed by atoms with E-state index in [1.54, 1.807) is 13.0 Å². The number of Topliss-reactive ketones (excluding diaryl/α,β-unsaturated/α-hetero) is 1. The van der Waals surface area contributed by atoms with Gasteiger partial charge in [-0.15, -0.1) is 0 Å². The minimum atomic E-state index is -1.21.